The second kappa shape index (κ2) is 5.23. The van der Waals surface area contributed by atoms with Gasteiger partial charge in [-0.3, -0.25) is 0 Å². The third kappa shape index (κ3) is 3.15. The van der Waals surface area contributed by atoms with Crippen LogP contribution in [0.2, 0.25) is 0 Å². The SMILES string of the molecule is OC(Cc1ccsc1)Cc1cccc(F)c1. The molecular weight excluding hydrogens is 223 g/mol. The number of aliphatic hydroxyl groups is 1. The molecule has 0 saturated heterocycles. The highest BCUT2D eigenvalue weighted by Crippen LogP contribution is 2.12. The van der Waals surface area contributed by atoms with Gasteiger partial charge in [-0.25, -0.2) is 4.39 Å². The smallest absolute Gasteiger partial charge is 0.123 e. The maximum absolute atomic E-state index is 12.9. The first-order valence-electron chi connectivity index (χ1n) is 5.17. The first-order chi connectivity index (χ1) is 7.74. The number of thiophene rings is 1. The molecule has 1 aromatic carbocycles. The van der Waals surface area contributed by atoms with Gasteiger partial charge in [0.05, 0.1) is 6.10 Å². The van der Waals surface area contributed by atoms with E-state index in [2.05, 4.69) is 0 Å². The highest BCUT2D eigenvalue weighted by molar-refractivity contribution is 7.07. The lowest BCUT2D eigenvalue weighted by Crippen LogP contribution is -2.13. The highest BCUT2D eigenvalue weighted by Gasteiger charge is 2.07. The minimum absolute atomic E-state index is 0.250. The Kier molecular flexibility index (Phi) is 3.70. The summed E-state index contributed by atoms with van der Waals surface area (Å²) in [4.78, 5) is 0. The number of benzene rings is 1. The van der Waals surface area contributed by atoms with Crippen molar-refractivity contribution in [1.29, 1.82) is 0 Å². The zero-order chi connectivity index (χ0) is 11.4. The molecule has 2 aromatic rings. The van der Waals surface area contributed by atoms with Crippen LogP contribution in [-0.4, -0.2) is 11.2 Å². The molecule has 0 saturated carbocycles. The van der Waals surface area contributed by atoms with Crippen LogP contribution in [0.1, 0.15) is 11.1 Å². The Morgan fingerprint density at radius 3 is 2.69 bits per heavy atom. The lowest BCUT2D eigenvalue weighted by molar-refractivity contribution is 0.175. The average molecular weight is 236 g/mol. The van der Waals surface area contributed by atoms with Gasteiger partial charge >= 0.3 is 0 Å². The molecule has 0 radical (unpaired) electrons. The number of rotatable bonds is 4. The van der Waals surface area contributed by atoms with Crippen molar-refractivity contribution in [3.05, 3.63) is 58.0 Å². The molecule has 84 valence electrons. The van der Waals surface area contributed by atoms with Gasteiger partial charge < -0.3 is 5.11 Å². The van der Waals surface area contributed by atoms with Crippen LogP contribution in [0.5, 0.6) is 0 Å². The van der Waals surface area contributed by atoms with E-state index < -0.39 is 6.10 Å². The molecule has 1 heterocycles. The van der Waals surface area contributed by atoms with Gasteiger partial charge in [-0.15, -0.1) is 0 Å². The molecule has 1 unspecified atom stereocenters. The van der Waals surface area contributed by atoms with Gasteiger partial charge in [-0.1, -0.05) is 12.1 Å². The lowest BCUT2D eigenvalue weighted by Gasteiger charge is -2.09. The van der Waals surface area contributed by atoms with Gasteiger partial charge in [0.15, 0.2) is 0 Å². The van der Waals surface area contributed by atoms with Gasteiger partial charge in [-0.05, 0) is 52.9 Å². The zero-order valence-electron chi connectivity index (χ0n) is 8.77. The Balaban J connectivity index is 1.94. The molecule has 1 nitrogen and oxygen atoms in total. The van der Waals surface area contributed by atoms with Crippen molar-refractivity contribution in [3.63, 3.8) is 0 Å². The van der Waals surface area contributed by atoms with Crippen molar-refractivity contribution in [1.82, 2.24) is 0 Å². The minimum Gasteiger partial charge on any atom is -0.392 e. The van der Waals surface area contributed by atoms with E-state index in [-0.39, 0.29) is 5.82 Å². The van der Waals surface area contributed by atoms with Crippen molar-refractivity contribution in [2.45, 2.75) is 18.9 Å². The Bertz CT molecular complexity index is 439. The van der Waals surface area contributed by atoms with E-state index in [0.717, 1.165) is 11.1 Å². The molecule has 0 aliphatic carbocycles. The maximum atomic E-state index is 12.9. The molecular formula is C13H13FOS. The van der Waals surface area contributed by atoms with Crippen molar-refractivity contribution in [2.24, 2.45) is 0 Å². The number of hydrogen-bond acceptors (Lipinski definition) is 2. The van der Waals surface area contributed by atoms with E-state index in [1.165, 1.54) is 12.1 Å². The summed E-state index contributed by atoms with van der Waals surface area (Å²) in [7, 11) is 0. The average Bonchev–Trinajstić information content (AvgIpc) is 2.70. The van der Waals surface area contributed by atoms with Crippen molar-refractivity contribution in [2.75, 3.05) is 0 Å². The molecule has 3 heteroatoms. The zero-order valence-corrected chi connectivity index (χ0v) is 9.58. The number of hydrogen-bond donors (Lipinski definition) is 1. The molecule has 0 spiro atoms. The summed E-state index contributed by atoms with van der Waals surface area (Å²) >= 11 is 1.62. The quantitative estimate of drug-likeness (QED) is 0.865. The van der Waals surface area contributed by atoms with E-state index >= 15 is 0 Å². The van der Waals surface area contributed by atoms with E-state index in [9.17, 15) is 9.50 Å². The van der Waals surface area contributed by atoms with E-state index in [1.807, 2.05) is 22.9 Å². The summed E-state index contributed by atoms with van der Waals surface area (Å²) in [6.45, 7) is 0. The second-order valence-corrected chi connectivity index (χ2v) is 4.60. The third-order valence-corrected chi connectivity index (χ3v) is 3.14. The summed E-state index contributed by atoms with van der Waals surface area (Å²) in [5.74, 6) is -0.250. The molecule has 0 amide bonds. The molecule has 0 bridgehead atoms. The normalized spacial score (nSPS) is 12.6. The Morgan fingerprint density at radius 2 is 2.00 bits per heavy atom. The predicted octanol–water partition coefficient (Wildman–Crippen LogP) is 3.03. The van der Waals surface area contributed by atoms with Crippen molar-refractivity contribution in [3.8, 4) is 0 Å². The van der Waals surface area contributed by atoms with Gasteiger partial charge in [0.2, 0.25) is 0 Å². The van der Waals surface area contributed by atoms with E-state index in [1.54, 1.807) is 17.4 Å². The predicted molar refractivity (Wildman–Crippen MR) is 64.1 cm³/mol. The minimum atomic E-state index is -0.448. The molecule has 16 heavy (non-hydrogen) atoms. The third-order valence-electron chi connectivity index (χ3n) is 2.41. The van der Waals surface area contributed by atoms with Crippen molar-refractivity contribution < 1.29 is 9.50 Å². The largest absolute Gasteiger partial charge is 0.392 e. The molecule has 0 aliphatic heterocycles. The van der Waals surface area contributed by atoms with Crippen LogP contribution in [0.4, 0.5) is 4.39 Å². The molecule has 1 atom stereocenters. The monoisotopic (exact) mass is 236 g/mol. The fourth-order valence-corrected chi connectivity index (χ4v) is 2.37. The number of aliphatic hydroxyl groups excluding tert-OH is 1. The fourth-order valence-electron chi connectivity index (χ4n) is 1.69. The van der Waals surface area contributed by atoms with Gasteiger partial charge in [0.1, 0.15) is 5.82 Å². The molecule has 0 fully saturated rings. The van der Waals surface area contributed by atoms with Crippen LogP contribution in [0.25, 0.3) is 0 Å². The topological polar surface area (TPSA) is 20.2 Å². The van der Waals surface area contributed by atoms with Crippen LogP contribution >= 0.6 is 11.3 Å². The first kappa shape index (κ1) is 11.3. The number of halogens is 1. The summed E-state index contributed by atoms with van der Waals surface area (Å²) in [5.41, 5.74) is 1.97. The molecule has 1 N–H and O–H groups in total. The van der Waals surface area contributed by atoms with E-state index in [4.69, 9.17) is 0 Å². The Hall–Kier alpha value is -1.19. The van der Waals surface area contributed by atoms with Crippen LogP contribution < -0.4 is 0 Å². The fraction of sp³-hybridized carbons (Fsp3) is 0.231. The van der Waals surface area contributed by atoms with Gasteiger partial charge in [-0.2, -0.15) is 11.3 Å². The molecule has 1 aromatic heterocycles. The van der Waals surface area contributed by atoms with Crippen LogP contribution in [0.15, 0.2) is 41.1 Å². The van der Waals surface area contributed by atoms with Gasteiger partial charge in [0.25, 0.3) is 0 Å². The van der Waals surface area contributed by atoms with Crippen molar-refractivity contribution >= 4 is 11.3 Å². The Labute approximate surface area is 98.2 Å². The standard InChI is InChI=1S/C13H13FOS/c14-12-3-1-2-10(6-12)7-13(15)8-11-4-5-16-9-11/h1-6,9,13,15H,7-8H2. The lowest BCUT2D eigenvalue weighted by atomic mass is 10.0. The highest BCUT2D eigenvalue weighted by atomic mass is 32.1. The Morgan fingerprint density at radius 1 is 1.19 bits per heavy atom. The van der Waals surface area contributed by atoms with Crippen LogP contribution in [0, 0.1) is 5.82 Å². The van der Waals surface area contributed by atoms with Crippen LogP contribution in [0.3, 0.4) is 0 Å². The summed E-state index contributed by atoms with van der Waals surface area (Å²) in [6.07, 6.45) is 0.671. The van der Waals surface area contributed by atoms with Gasteiger partial charge in [0, 0.05) is 0 Å². The maximum Gasteiger partial charge on any atom is 0.123 e. The van der Waals surface area contributed by atoms with Crippen LogP contribution in [-0.2, 0) is 12.8 Å². The summed E-state index contributed by atoms with van der Waals surface area (Å²) in [6, 6.07) is 8.38. The summed E-state index contributed by atoms with van der Waals surface area (Å²) < 4.78 is 12.9. The summed E-state index contributed by atoms with van der Waals surface area (Å²) in [5, 5.41) is 13.9. The van der Waals surface area contributed by atoms with E-state index in [0.29, 0.717) is 12.8 Å². The second-order valence-electron chi connectivity index (χ2n) is 3.82. The molecule has 2 rings (SSSR count). The first-order valence-corrected chi connectivity index (χ1v) is 6.12. The molecule has 0 aliphatic rings.